The average molecular weight is 398 g/mol. The molecule has 1 aliphatic heterocycles. The van der Waals surface area contributed by atoms with Gasteiger partial charge in [0.2, 0.25) is 5.88 Å². The number of para-hydroxylation sites is 1. The first-order valence-corrected chi connectivity index (χ1v) is 9.61. The Morgan fingerprint density at radius 3 is 2.66 bits per heavy atom. The zero-order valence-corrected chi connectivity index (χ0v) is 16.4. The highest BCUT2D eigenvalue weighted by Gasteiger charge is 2.33. The molecule has 0 saturated carbocycles. The van der Waals surface area contributed by atoms with E-state index < -0.39 is 5.92 Å². The van der Waals surface area contributed by atoms with E-state index in [1.165, 1.54) is 0 Å². The Labute approximate surface area is 172 Å². The molecule has 3 aromatic carbocycles. The Morgan fingerprint density at radius 1 is 1.03 bits per heavy atom. The molecule has 5 heteroatoms. The van der Waals surface area contributed by atoms with E-state index in [2.05, 4.69) is 11.1 Å². The summed E-state index contributed by atoms with van der Waals surface area (Å²) in [6.07, 6.45) is 0. The lowest BCUT2D eigenvalue weighted by atomic mass is 9.82. The lowest BCUT2D eigenvalue weighted by Gasteiger charge is -2.28. The largest absolute Gasteiger partial charge is 0.440 e. The molecule has 0 unspecified atom stereocenters. The zero-order valence-electron chi connectivity index (χ0n) is 15.6. The normalized spacial score (nSPS) is 15.8. The topological polar surface area (TPSA) is 71.9 Å². The molecule has 4 nitrogen and oxygen atoms in total. The van der Waals surface area contributed by atoms with Crippen molar-refractivity contribution in [2.75, 3.05) is 0 Å². The van der Waals surface area contributed by atoms with Crippen LogP contribution in [0.2, 0.25) is 5.15 Å². The first-order valence-electron chi connectivity index (χ1n) is 9.23. The number of benzene rings is 3. The molecule has 0 bridgehead atoms. The van der Waals surface area contributed by atoms with Crippen LogP contribution in [0.3, 0.4) is 0 Å². The smallest absolute Gasteiger partial charge is 0.205 e. The maximum absolute atomic E-state index is 9.85. The van der Waals surface area contributed by atoms with Crippen molar-refractivity contribution in [3.63, 3.8) is 0 Å². The van der Waals surface area contributed by atoms with E-state index in [1.807, 2.05) is 67.6 Å². The second-order valence-corrected chi connectivity index (χ2v) is 7.50. The van der Waals surface area contributed by atoms with E-state index in [0.29, 0.717) is 16.5 Å². The minimum absolute atomic E-state index is 0.0989. The molecule has 1 atom stereocenters. The molecule has 0 amide bonds. The zero-order chi connectivity index (χ0) is 20.1. The number of hydrogen-bond acceptors (Lipinski definition) is 4. The summed E-state index contributed by atoms with van der Waals surface area (Å²) in [4.78, 5) is 4.63. The molecule has 0 radical (unpaired) electrons. The van der Waals surface area contributed by atoms with Gasteiger partial charge >= 0.3 is 0 Å². The molecule has 140 valence electrons. The maximum atomic E-state index is 9.85. The maximum Gasteiger partial charge on any atom is 0.205 e. The number of ether oxygens (including phenoxy) is 1. The quantitative estimate of drug-likeness (QED) is 0.426. The van der Waals surface area contributed by atoms with Gasteiger partial charge < -0.3 is 10.5 Å². The van der Waals surface area contributed by atoms with E-state index in [9.17, 15) is 5.26 Å². The first kappa shape index (κ1) is 17.5. The van der Waals surface area contributed by atoms with Gasteiger partial charge in [-0.05, 0) is 23.9 Å². The molecule has 2 heterocycles. The predicted octanol–water partition coefficient (Wildman–Crippen LogP) is 5.57. The monoisotopic (exact) mass is 397 g/mol. The van der Waals surface area contributed by atoms with E-state index in [1.54, 1.807) is 0 Å². The van der Waals surface area contributed by atoms with Crippen molar-refractivity contribution >= 4 is 33.3 Å². The van der Waals surface area contributed by atoms with Crippen LogP contribution in [-0.2, 0) is 0 Å². The second-order valence-electron chi connectivity index (χ2n) is 7.14. The lowest BCUT2D eigenvalue weighted by molar-refractivity contribution is 0.398. The minimum Gasteiger partial charge on any atom is -0.440 e. The fourth-order valence-electron chi connectivity index (χ4n) is 4.05. The predicted molar refractivity (Wildman–Crippen MR) is 115 cm³/mol. The van der Waals surface area contributed by atoms with Gasteiger partial charge in [0.05, 0.1) is 11.4 Å². The minimum atomic E-state index is -0.446. The van der Waals surface area contributed by atoms with Crippen LogP contribution in [0.25, 0.3) is 21.7 Å². The van der Waals surface area contributed by atoms with Gasteiger partial charge in [0.25, 0.3) is 0 Å². The molecule has 0 aliphatic carbocycles. The van der Waals surface area contributed by atoms with E-state index in [-0.39, 0.29) is 5.88 Å². The van der Waals surface area contributed by atoms with Crippen molar-refractivity contribution < 1.29 is 4.74 Å². The Hall–Kier alpha value is -3.55. The van der Waals surface area contributed by atoms with E-state index >= 15 is 0 Å². The number of aryl methyl sites for hydroxylation is 1. The van der Waals surface area contributed by atoms with Crippen molar-refractivity contribution in [1.29, 1.82) is 5.26 Å². The van der Waals surface area contributed by atoms with Gasteiger partial charge in [-0.3, -0.25) is 0 Å². The summed E-state index contributed by atoms with van der Waals surface area (Å²) >= 11 is 6.64. The van der Waals surface area contributed by atoms with Gasteiger partial charge in [-0.25, -0.2) is 4.98 Å². The summed E-state index contributed by atoms with van der Waals surface area (Å²) in [5.74, 6) is 0.310. The molecule has 0 saturated heterocycles. The Kier molecular flexibility index (Phi) is 3.94. The summed E-state index contributed by atoms with van der Waals surface area (Å²) in [5, 5.41) is 13.2. The van der Waals surface area contributed by atoms with Crippen molar-refractivity contribution in [2.45, 2.75) is 12.8 Å². The van der Waals surface area contributed by atoms with Crippen LogP contribution >= 0.6 is 11.6 Å². The van der Waals surface area contributed by atoms with E-state index in [0.717, 1.165) is 38.4 Å². The van der Waals surface area contributed by atoms with Crippen LogP contribution in [0.1, 0.15) is 22.6 Å². The number of fused-ring (bicyclic) bond motifs is 4. The van der Waals surface area contributed by atoms with E-state index in [4.69, 9.17) is 22.1 Å². The number of rotatable bonds is 1. The van der Waals surface area contributed by atoms with Crippen LogP contribution in [0.15, 0.2) is 72.1 Å². The fraction of sp³-hybridized carbons (Fsp3) is 0.0833. The molecule has 1 aliphatic rings. The first-order chi connectivity index (χ1) is 14.1. The number of halogens is 1. The second kappa shape index (κ2) is 6.51. The highest BCUT2D eigenvalue weighted by molar-refractivity contribution is 6.30. The van der Waals surface area contributed by atoms with Crippen molar-refractivity contribution in [3.8, 4) is 11.8 Å². The summed E-state index contributed by atoms with van der Waals surface area (Å²) in [6.45, 7) is 2.00. The number of pyridine rings is 1. The molecule has 29 heavy (non-hydrogen) atoms. The van der Waals surface area contributed by atoms with Gasteiger partial charge in [-0.1, -0.05) is 66.2 Å². The summed E-state index contributed by atoms with van der Waals surface area (Å²) in [6, 6.07) is 22.1. The van der Waals surface area contributed by atoms with Crippen LogP contribution in [0, 0.1) is 18.3 Å². The number of allylic oxidation sites excluding steroid dienone is 1. The molecular weight excluding hydrogens is 382 g/mol. The number of nitriles is 1. The number of nitrogens with two attached hydrogens (primary N) is 1. The number of nitrogens with zero attached hydrogens (tertiary/aromatic N) is 2. The number of hydrogen-bond donors (Lipinski definition) is 1. The third-order valence-corrected chi connectivity index (χ3v) is 5.75. The lowest BCUT2D eigenvalue weighted by Crippen LogP contribution is -2.21. The average Bonchev–Trinajstić information content (AvgIpc) is 2.73. The Balaban J connectivity index is 1.83. The number of aromatic nitrogens is 1. The van der Waals surface area contributed by atoms with Crippen LogP contribution in [0.4, 0.5) is 0 Å². The SMILES string of the molecule is Cc1cccc2cc([C@H]3C(C#N)=C(N)Oc4c3ccc3ccccc43)c(Cl)nc12. The fourth-order valence-corrected chi connectivity index (χ4v) is 4.30. The Bertz CT molecular complexity index is 1380. The molecule has 1 aromatic heterocycles. The van der Waals surface area contributed by atoms with Crippen molar-refractivity contribution in [1.82, 2.24) is 4.98 Å². The van der Waals surface area contributed by atoms with Crippen LogP contribution < -0.4 is 10.5 Å². The third-order valence-electron chi connectivity index (χ3n) is 5.45. The van der Waals surface area contributed by atoms with Gasteiger partial charge in [-0.15, -0.1) is 0 Å². The molecule has 5 rings (SSSR count). The van der Waals surface area contributed by atoms with Crippen LogP contribution in [-0.4, -0.2) is 4.98 Å². The Morgan fingerprint density at radius 2 is 1.83 bits per heavy atom. The summed E-state index contributed by atoms with van der Waals surface area (Å²) < 4.78 is 5.92. The summed E-state index contributed by atoms with van der Waals surface area (Å²) in [7, 11) is 0. The molecule has 2 N–H and O–H groups in total. The molecular formula is C24H16ClN3O. The van der Waals surface area contributed by atoms with Gasteiger partial charge in [0.1, 0.15) is 22.5 Å². The van der Waals surface area contributed by atoms with Gasteiger partial charge in [-0.2, -0.15) is 5.26 Å². The standard InChI is InChI=1S/C24H16ClN3O/c1-13-5-4-7-15-11-18(23(25)28-21(13)15)20-17-10-9-14-6-2-3-8-16(14)22(17)29-24(27)19(20)12-26/h2-11,20H,27H2,1H3/t20-/m0/s1. The van der Waals surface area contributed by atoms with Gasteiger partial charge in [0.15, 0.2) is 0 Å². The summed E-state index contributed by atoms with van der Waals surface area (Å²) in [5.41, 5.74) is 10.0. The molecule has 4 aromatic rings. The van der Waals surface area contributed by atoms with Gasteiger partial charge in [0, 0.05) is 21.9 Å². The highest BCUT2D eigenvalue weighted by Crippen LogP contribution is 2.47. The van der Waals surface area contributed by atoms with Crippen molar-refractivity contribution in [3.05, 3.63) is 94.0 Å². The molecule has 0 spiro atoms. The van der Waals surface area contributed by atoms with Crippen molar-refractivity contribution in [2.24, 2.45) is 5.73 Å². The van der Waals surface area contributed by atoms with Crippen LogP contribution in [0.5, 0.6) is 5.75 Å². The third kappa shape index (κ3) is 2.63. The molecule has 0 fully saturated rings. The highest BCUT2D eigenvalue weighted by atomic mass is 35.5.